The third kappa shape index (κ3) is 97.4. The van der Waals surface area contributed by atoms with Crippen molar-refractivity contribution in [2.24, 2.45) is 35.5 Å². The molecule has 0 amide bonds. The Kier molecular flexibility index (Phi) is 102. The zero-order valence-corrected chi connectivity index (χ0v) is 91.2. The van der Waals surface area contributed by atoms with Crippen molar-refractivity contribution in [2.75, 3.05) is 37.0 Å². The summed E-state index contributed by atoms with van der Waals surface area (Å²) in [6.45, 7) is 49.5. The Labute approximate surface area is 767 Å². The third-order valence-electron chi connectivity index (χ3n) is 23.0. The van der Waals surface area contributed by atoms with Crippen LogP contribution in [0.5, 0.6) is 0 Å². The van der Waals surface area contributed by atoms with Crippen molar-refractivity contribution in [3.63, 3.8) is 0 Å². The Balaban J connectivity index is -0.000000257. The second kappa shape index (κ2) is 90.7. The van der Waals surface area contributed by atoms with Gasteiger partial charge in [0, 0.05) is 58.0 Å². The maximum Gasteiger partial charge on any atom is 0.135 e. The molecule has 0 rings (SSSR count). The van der Waals surface area contributed by atoms with Crippen LogP contribution in [-0.2, 0) is 75.6 Å². The van der Waals surface area contributed by atoms with Gasteiger partial charge in [0.2, 0.25) is 0 Å². The molecule has 25 heteroatoms. The van der Waals surface area contributed by atoms with Crippen LogP contribution in [0.15, 0.2) is 0 Å². The smallest absolute Gasteiger partial charge is 0.135 e. The van der Waals surface area contributed by atoms with Gasteiger partial charge in [-0.3, -0.25) is 0 Å². The molecule has 18 unspecified atom stereocenters. The summed E-state index contributed by atoms with van der Waals surface area (Å²) in [5.41, 5.74) is 0. The van der Waals surface area contributed by atoms with Crippen molar-refractivity contribution in [1.29, 1.82) is 0 Å². The molecular formula is C96H204MoO18P6-6. The van der Waals surface area contributed by atoms with Crippen LogP contribution >= 0.6 is 45.6 Å². The van der Waals surface area contributed by atoms with Crippen LogP contribution in [0, 0.1) is 35.5 Å². The first-order chi connectivity index (χ1) is 56.7. The molecule has 0 aromatic heterocycles. The van der Waals surface area contributed by atoms with E-state index >= 15 is 0 Å². The van der Waals surface area contributed by atoms with Crippen molar-refractivity contribution < 1.29 is 105 Å². The first-order valence-corrected chi connectivity index (χ1v) is 61.0. The van der Waals surface area contributed by atoms with Crippen LogP contribution in [-0.4, -0.2) is 73.6 Å². The molecule has 0 heterocycles. The molecular weight excluding hydrogens is 1720 g/mol. The standard InChI is InChI=1S/6C16H35O3P.Mo/c6*1-5-8-10-11-12-15(4)19-20(17,18)14-16(7-3)13-9-6-2;/h6*15-16H,5-14H2,1-4H3,(H,17,18);/p-6. The maximum absolute atomic E-state index is 12.1. The summed E-state index contributed by atoms with van der Waals surface area (Å²) in [4.78, 5) is 72.4. The molecule has 0 N–H and O–H groups in total. The molecule has 0 saturated heterocycles. The van der Waals surface area contributed by atoms with E-state index in [1.807, 2.05) is 41.5 Å². The van der Waals surface area contributed by atoms with Gasteiger partial charge in [-0.1, -0.05) is 394 Å². The minimum absolute atomic E-state index is 0. The van der Waals surface area contributed by atoms with Crippen molar-refractivity contribution >= 4 is 45.6 Å². The average molecular weight is 1930 g/mol. The van der Waals surface area contributed by atoms with E-state index in [-0.39, 0.29) is 130 Å². The fourth-order valence-corrected chi connectivity index (χ4v) is 25.7. The van der Waals surface area contributed by atoms with Gasteiger partial charge < -0.3 is 83.9 Å². The Hall–Kier alpha value is 1.59. The van der Waals surface area contributed by atoms with E-state index in [4.69, 9.17) is 27.1 Å². The fraction of sp³-hybridized carbons (Fsp3) is 1.00. The Morgan fingerprint density at radius 3 is 0.372 bits per heavy atom. The quantitative estimate of drug-likeness (QED) is 0.0310. The molecule has 0 aliphatic carbocycles. The molecule has 0 aromatic rings. The molecule has 18 atom stereocenters. The number of rotatable bonds is 78. The van der Waals surface area contributed by atoms with Gasteiger partial charge in [-0.05, 0) is 154 Å². The van der Waals surface area contributed by atoms with Crippen molar-refractivity contribution in [3.8, 4) is 0 Å². The van der Waals surface area contributed by atoms with E-state index in [1.165, 1.54) is 116 Å². The van der Waals surface area contributed by atoms with Crippen LogP contribution in [0.3, 0.4) is 0 Å². The predicted molar refractivity (Wildman–Crippen MR) is 511 cm³/mol. The molecule has 0 bridgehead atoms. The molecule has 18 nitrogen and oxygen atoms in total. The van der Waals surface area contributed by atoms with Crippen LogP contribution in [0.1, 0.15) is 513 Å². The molecule has 738 valence electrons. The molecule has 0 spiro atoms. The van der Waals surface area contributed by atoms with E-state index in [1.54, 1.807) is 0 Å². The van der Waals surface area contributed by atoms with Crippen molar-refractivity contribution in [3.05, 3.63) is 0 Å². The molecule has 0 aromatic carbocycles. The number of hydrogen-bond donors (Lipinski definition) is 0. The van der Waals surface area contributed by atoms with Gasteiger partial charge in [-0.15, -0.1) is 0 Å². The summed E-state index contributed by atoms with van der Waals surface area (Å²) >= 11 is 0. The minimum atomic E-state index is -3.67. The van der Waals surface area contributed by atoms with Gasteiger partial charge in [-0.25, -0.2) is 0 Å². The van der Waals surface area contributed by atoms with Gasteiger partial charge in [0.1, 0.15) is 45.6 Å². The van der Waals surface area contributed by atoms with E-state index < -0.39 is 45.6 Å². The normalized spacial score (nSPS) is 17.5. The van der Waals surface area contributed by atoms with Crippen molar-refractivity contribution in [2.45, 2.75) is 550 Å². The van der Waals surface area contributed by atoms with Gasteiger partial charge in [-0.2, -0.15) is 0 Å². The molecule has 0 saturated carbocycles. The van der Waals surface area contributed by atoms with Crippen LogP contribution in [0.4, 0.5) is 0 Å². The average Bonchev–Trinajstić information content (AvgIpc) is 0.924. The van der Waals surface area contributed by atoms with Crippen LogP contribution < -0.4 is 29.4 Å². The predicted octanol–water partition coefficient (Wildman–Crippen LogP) is 30.8. The van der Waals surface area contributed by atoms with Gasteiger partial charge in [0.25, 0.3) is 0 Å². The molecule has 0 aliphatic rings. The SMILES string of the molecule is CCCCCCC(C)OP(=O)([O-])CC(CC)CCCC.CCCCCCC(C)OP(=O)([O-])CC(CC)CCCC.CCCCCCC(C)OP(=O)([O-])CC(CC)CCCC.CCCCCCC(C)OP(=O)([O-])CC(CC)CCCC.CCCCCCC(C)OP(=O)([O-])CC(CC)CCCC.CCCCCCC(C)OP(=O)([O-])CC(CC)CCCC.[Mo]. The van der Waals surface area contributed by atoms with Crippen LogP contribution in [0.25, 0.3) is 0 Å². The second-order valence-corrected chi connectivity index (χ2v) is 46.6. The van der Waals surface area contributed by atoms with Gasteiger partial charge >= 0.3 is 0 Å². The van der Waals surface area contributed by atoms with E-state index in [2.05, 4.69) is 125 Å². The zero-order valence-electron chi connectivity index (χ0n) is 83.8. The van der Waals surface area contributed by atoms with Gasteiger partial charge in [0.15, 0.2) is 0 Å². The number of hydrogen-bond acceptors (Lipinski definition) is 18. The molecule has 0 aliphatic heterocycles. The van der Waals surface area contributed by atoms with E-state index in [0.29, 0.717) is 0 Å². The Morgan fingerprint density at radius 2 is 0.281 bits per heavy atom. The monoisotopic (exact) mass is 1930 g/mol. The van der Waals surface area contributed by atoms with E-state index in [0.717, 1.165) is 231 Å². The zero-order chi connectivity index (χ0) is 92.6. The first kappa shape index (κ1) is 136. The van der Waals surface area contributed by atoms with Crippen molar-refractivity contribution in [1.82, 2.24) is 0 Å². The molecule has 0 fully saturated rings. The molecule has 0 radical (unpaired) electrons. The van der Waals surface area contributed by atoms with Gasteiger partial charge in [0.05, 0.1) is 36.6 Å². The number of unbranched alkanes of at least 4 members (excludes halogenated alkanes) is 24. The van der Waals surface area contributed by atoms with Crippen LogP contribution in [0.2, 0.25) is 0 Å². The summed E-state index contributed by atoms with van der Waals surface area (Å²) in [6, 6.07) is 0. The topological polar surface area (TPSA) is 296 Å². The largest absolute Gasteiger partial charge is 0.778 e. The summed E-state index contributed by atoms with van der Waals surface area (Å²) in [6.07, 6.45) is 58.0. The second-order valence-electron chi connectivity index (χ2n) is 35.9. The first-order valence-electron chi connectivity index (χ1n) is 50.6. The maximum atomic E-state index is 12.1. The Bertz CT molecular complexity index is 2040. The summed E-state index contributed by atoms with van der Waals surface area (Å²) in [5.74, 6) is 1.53. The fourth-order valence-electron chi connectivity index (χ4n) is 14.8. The molecule has 121 heavy (non-hydrogen) atoms. The summed E-state index contributed by atoms with van der Waals surface area (Å²) < 4.78 is 104. The summed E-state index contributed by atoms with van der Waals surface area (Å²) in [7, 11) is -22.0. The summed E-state index contributed by atoms with van der Waals surface area (Å²) in [5, 5.41) is 0. The Morgan fingerprint density at radius 1 is 0.174 bits per heavy atom. The van der Waals surface area contributed by atoms with E-state index in [9.17, 15) is 56.8 Å². The third-order valence-corrected chi connectivity index (χ3v) is 32.8. The minimum Gasteiger partial charge on any atom is -0.778 e.